The van der Waals surface area contributed by atoms with Crippen molar-refractivity contribution in [1.82, 2.24) is 5.32 Å². The zero-order chi connectivity index (χ0) is 12.8. The van der Waals surface area contributed by atoms with Crippen LogP contribution in [-0.4, -0.2) is 39.5 Å². The first kappa shape index (κ1) is 16.9. The summed E-state index contributed by atoms with van der Waals surface area (Å²) in [6.07, 6.45) is 7.81. The fourth-order valence-corrected chi connectivity index (χ4v) is 1.75. The SMILES string of the molecule is CCCCCCCOC(CNCCC)COC. The Kier molecular flexibility index (Phi) is 13.8. The number of hydrogen-bond donors (Lipinski definition) is 1. The first-order valence-corrected chi connectivity index (χ1v) is 7.16. The molecular weight excluding hydrogens is 214 g/mol. The van der Waals surface area contributed by atoms with Gasteiger partial charge in [0, 0.05) is 20.3 Å². The second-order valence-electron chi connectivity index (χ2n) is 4.57. The maximum atomic E-state index is 5.82. The van der Waals surface area contributed by atoms with Gasteiger partial charge in [-0.3, -0.25) is 0 Å². The summed E-state index contributed by atoms with van der Waals surface area (Å²) < 4.78 is 11.0. The maximum Gasteiger partial charge on any atom is 0.0932 e. The summed E-state index contributed by atoms with van der Waals surface area (Å²) in [5, 5.41) is 3.38. The molecule has 0 aromatic heterocycles. The van der Waals surface area contributed by atoms with Crippen LogP contribution < -0.4 is 5.32 Å². The van der Waals surface area contributed by atoms with E-state index in [9.17, 15) is 0 Å². The highest BCUT2D eigenvalue weighted by Gasteiger charge is 2.07. The molecule has 0 heterocycles. The van der Waals surface area contributed by atoms with Crippen molar-refractivity contribution < 1.29 is 9.47 Å². The molecule has 0 bridgehead atoms. The van der Waals surface area contributed by atoms with E-state index in [1.165, 1.54) is 32.1 Å². The summed E-state index contributed by atoms with van der Waals surface area (Å²) in [7, 11) is 1.73. The molecule has 0 spiro atoms. The zero-order valence-corrected chi connectivity index (χ0v) is 12.0. The van der Waals surface area contributed by atoms with Gasteiger partial charge < -0.3 is 14.8 Å². The van der Waals surface area contributed by atoms with Gasteiger partial charge in [0.25, 0.3) is 0 Å². The molecule has 17 heavy (non-hydrogen) atoms. The molecule has 0 fully saturated rings. The molecule has 0 aliphatic carbocycles. The highest BCUT2D eigenvalue weighted by Crippen LogP contribution is 2.03. The van der Waals surface area contributed by atoms with Crippen LogP contribution in [0.15, 0.2) is 0 Å². The molecule has 1 unspecified atom stereocenters. The molecule has 0 saturated heterocycles. The fourth-order valence-electron chi connectivity index (χ4n) is 1.75. The quantitative estimate of drug-likeness (QED) is 0.506. The maximum absolute atomic E-state index is 5.82. The van der Waals surface area contributed by atoms with Crippen LogP contribution in [-0.2, 0) is 9.47 Å². The normalized spacial score (nSPS) is 12.9. The van der Waals surface area contributed by atoms with Gasteiger partial charge in [0.1, 0.15) is 0 Å². The molecule has 0 aliphatic heterocycles. The van der Waals surface area contributed by atoms with Gasteiger partial charge in [-0.2, -0.15) is 0 Å². The third-order valence-corrected chi connectivity index (χ3v) is 2.75. The van der Waals surface area contributed by atoms with E-state index in [2.05, 4.69) is 19.2 Å². The van der Waals surface area contributed by atoms with E-state index in [-0.39, 0.29) is 6.10 Å². The Bertz CT molecular complexity index is 142. The number of hydrogen-bond acceptors (Lipinski definition) is 3. The summed E-state index contributed by atoms with van der Waals surface area (Å²) in [5.41, 5.74) is 0. The smallest absolute Gasteiger partial charge is 0.0932 e. The molecule has 104 valence electrons. The van der Waals surface area contributed by atoms with E-state index in [0.717, 1.165) is 26.1 Å². The molecule has 1 atom stereocenters. The third-order valence-electron chi connectivity index (χ3n) is 2.75. The average Bonchev–Trinajstić information content (AvgIpc) is 2.34. The second-order valence-corrected chi connectivity index (χ2v) is 4.57. The highest BCUT2D eigenvalue weighted by molar-refractivity contribution is 4.60. The molecule has 3 heteroatoms. The van der Waals surface area contributed by atoms with E-state index in [1.807, 2.05) is 0 Å². The lowest BCUT2D eigenvalue weighted by Crippen LogP contribution is -2.33. The first-order chi connectivity index (χ1) is 8.35. The van der Waals surface area contributed by atoms with Crippen molar-refractivity contribution in [2.75, 3.05) is 33.4 Å². The van der Waals surface area contributed by atoms with Gasteiger partial charge in [-0.25, -0.2) is 0 Å². The summed E-state index contributed by atoms with van der Waals surface area (Å²) in [6.45, 7) is 7.92. The monoisotopic (exact) mass is 245 g/mol. The van der Waals surface area contributed by atoms with Crippen LogP contribution in [0.3, 0.4) is 0 Å². The molecule has 3 nitrogen and oxygen atoms in total. The van der Waals surface area contributed by atoms with E-state index in [4.69, 9.17) is 9.47 Å². The Morgan fingerprint density at radius 1 is 1.00 bits per heavy atom. The van der Waals surface area contributed by atoms with E-state index in [0.29, 0.717) is 6.61 Å². The van der Waals surface area contributed by atoms with Crippen LogP contribution in [0.4, 0.5) is 0 Å². The fraction of sp³-hybridized carbons (Fsp3) is 1.00. The van der Waals surface area contributed by atoms with Crippen LogP contribution in [0.1, 0.15) is 52.4 Å². The number of methoxy groups -OCH3 is 1. The Morgan fingerprint density at radius 2 is 1.76 bits per heavy atom. The van der Waals surface area contributed by atoms with Crippen molar-refractivity contribution in [3.05, 3.63) is 0 Å². The Morgan fingerprint density at radius 3 is 2.41 bits per heavy atom. The molecule has 0 amide bonds. The number of ether oxygens (including phenoxy) is 2. The van der Waals surface area contributed by atoms with Crippen LogP contribution in [0, 0.1) is 0 Å². The van der Waals surface area contributed by atoms with Gasteiger partial charge >= 0.3 is 0 Å². The lowest BCUT2D eigenvalue weighted by atomic mass is 10.2. The van der Waals surface area contributed by atoms with Gasteiger partial charge in [-0.1, -0.05) is 39.5 Å². The zero-order valence-electron chi connectivity index (χ0n) is 12.0. The summed E-state index contributed by atoms with van der Waals surface area (Å²) in [6, 6.07) is 0. The highest BCUT2D eigenvalue weighted by atomic mass is 16.5. The topological polar surface area (TPSA) is 30.5 Å². The number of unbranched alkanes of at least 4 members (excludes halogenated alkanes) is 4. The lowest BCUT2D eigenvalue weighted by molar-refractivity contribution is -0.00232. The number of rotatable bonds is 13. The van der Waals surface area contributed by atoms with Crippen molar-refractivity contribution in [3.8, 4) is 0 Å². The predicted molar refractivity (Wildman–Crippen MR) is 73.5 cm³/mol. The Labute approximate surface area is 107 Å². The number of nitrogens with one attached hydrogen (secondary N) is 1. The standard InChI is InChI=1S/C14H31NO2/c1-4-6-7-8-9-11-17-14(13-16-3)12-15-10-5-2/h14-15H,4-13H2,1-3H3. The molecule has 0 aromatic rings. The Balaban J connectivity index is 3.41. The van der Waals surface area contributed by atoms with Gasteiger partial charge in [0.05, 0.1) is 12.7 Å². The molecule has 0 aliphatic rings. The van der Waals surface area contributed by atoms with E-state index >= 15 is 0 Å². The van der Waals surface area contributed by atoms with Crippen LogP contribution in [0.25, 0.3) is 0 Å². The van der Waals surface area contributed by atoms with Crippen LogP contribution in [0.5, 0.6) is 0 Å². The first-order valence-electron chi connectivity index (χ1n) is 7.16. The van der Waals surface area contributed by atoms with Crippen molar-refractivity contribution in [1.29, 1.82) is 0 Å². The largest absolute Gasteiger partial charge is 0.382 e. The minimum atomic E-state index is 0.206. The second kappa shape index (κ2) is 13.9. The Hall–Kier alpha value is -0.120. The third kappa shape index (κ3) is 12.1. The van der Waals surface area contributed by atoms with Gasteiger partial charge in [-0.05, 0) is 19.4 Å². The summed E-state index contributed by atoms with van der Waals surface area (Å²) in [4.78, 5) is 0. The molecule has 0 aromatic carbocycles. The van der Waals surface area contributed by atoms with Gasteiger partial charge in [0.15, 0.2) is 0 Å². The van der Waals surface area contributed by atoms with Crippen molar-refractivity contribution in [2.24, 2.45) is 0 Å². The molecule has 0 radical (unpaired) electrons. The van der Waals surface area contributed by atoms with Crippen LogP contribution >= 0.6 is 0 Å². The van der Waals surface area contributed by atoms with E-state index < -0.39 is 0 Å². The molecule has 0 saturated carbocycles. The minimum Gasteiger partial charge on any atom is -0.382 e. The van der Waals surface area contributed by atoms with Crippen molar-refractivity contribution >= 4 is 0 Å². The van der Waals surface area contributed by atoms with E-state index in [1.54, 1.807) is 7.11 Å². The average molecular weight is 245 g/mol. The van der Waals surface area contributed by atoms with Crippen molar-refractivity contribution in [3.63, 3.8) is 0 Å². The van der Waals surface area contributed by atoms with Crippen LogP contribution in [0.2, 0.25) is 0 Å². The molecule has 0 rings (SSSR count). The van der Waals surface area contributed by atoms with Gasteiger partial charge in [0.2, 0.25) is 0 Å². The summed E-state index contributed by atoms with van der Waals surface area (Å²) in [5.74, 6) is 0. The molecule has 1 N–H and O–H groups in total. The van der Waals surface area contributed by atoms with Crippen molar-refractivity contribution in [2.45, 2.75) is 58.5 Å². The minimum absolute atomic E-state index is 0.206. The molecular formula is C14H31NO2. The lowest BCUT2D eigenvalue weighted by Gasteiger charge is -2.17. The predicted octanol–water partition coefficient (Wildman–Crippen LogP) is 2.99. The summed E-state index contributed by atoms with van der Waals surface area (Å²) >= 11 is 0. The van der Waals surface area contributed by atoms with Gasteiger partial charge in [-0.15, -0.1) is 0 Å².